The Hall–Kier alpha value is -2.99. The number of hydrogen-bond donors (Lipinski definition) is 1. The van der Waals surface area contributed by atoms with Crippen LogP contribution in [0.5, 0.6) is 0 Å². The van der Waals surface area contributed by atoms with Crippen LogP contribution in [-0.4, -0.2) is 34.0 Å². The van der Waals surface area contributed by atoms with Crippen molar-refractivity contribution in [3.63, 3.8) is 0 Å². The lowest BCUT2D eigenvalue weighted by Crippen LogP contribution is -2.37. The van der Waals surface area contributed by atoms with Gasteiger partial charge in [-0.3, -0.25) is 9.69 Å². The van der Waals surface area contributed by atoms with Crippen molar-refractivity contribution in [3.05, 3.63) is 65.0 Å². The number of aryl methyl sites for hydroxylation is 3. The zero-order valence-electron chi connectivity index (χ0n) is 17.8. The summed E-state index contributed by atoms with van der Waals surface area (Å²) in [6.45, 7) is 8.43. The Bertz CT molecular complexity index is 1020. The zero-order chi connectivity index (χ0) is 21.1. The molecular weight excluding hydrogens is 376 g/mol. The van der Waals surface area contributed by atoms with Gasteiger partial charge < -0.3 is 9.84 Å². The van der Waals surface area contributed by atoms with Gasteiger partial charge >= 0.3 is 0 Å². The van der Waals surface area contributed by atoms with E-state index in [4.69, 9.17) is 4.52 Å². The third-order valence-corrected chi connectivity index (χ3v) is 5.73. The number of benzene rings is 2. The highest BCUT2D eigenvalue weighted by molar-refractivity contribution is 5.93. The summed E-state index contributed by atoms with van der Waals surface area (Å²) in [6, 6.07) is 14.2. The molecule has 156 valence electrons. The number of anilines is 1. The van der Waals surface area contributed by atoms with E-state index in [1.165, 1.54) is 11.1 Å². The van der Waals surface area contributed by atoms with Gasteiger partial charge in [-0.25, -0.2) is 0 Å². The number of nitrogens with zero attached hydrogens (tertiary/aromatic N) is 3. The molecule has 6 nitrogen and oxygen atoms in total. The summed E-state index contributed by atoms with van der Waals surface area (Å²) >= 11 is 0. The van der Waals surface area contributed by atoms with Gasteiger partial charge in [-0.05, 0) is 58.3 Å². The molecule has 1 saturated heterocycles. The Kier molecular flexibility index (Phi) is 5.95. The highest BCUT2D eigenvalue weighted by atomic mass is 16.5. The molecule has 1 aromatic heterocycles. The monoisotopic (exact) mass is 404 g/mol. The Morgan fingerprint density at radius 3 is 2.47 bits per heavy atom. The number of piperidine rings is 1. The van der Waals surface area contributed by atoms with Crippen LogP contribution in [0, 0.1) is 26.7 Å². The van der Waals surface area contributed by atoms with Crippen molar-refractivity contribution < 1.29 is 9.32 Å². The maximum Gasteiger partial charge on any atom is 0.241 e. The van der Waals surface area contributed by atoms with Gasteiger partial charge in [-0.15, -0.1) is 0 Å². The second-order valence-electron chi connectivity index (χ2n) is 8.24. The lowest BCUT2D eigenvalue weighted by atomic mass is 9.95. The minimum absolute atomic E-state index is 0.0350. The largest absolute Gasteiger partial charge is 0.338 e. The first-order chi connectivity index (χ1) is 14.5. The first-order valence-corrected chi connectivity index (χ1v) is 10.5. The van der Waals surface area contributed by atoms with Crippen molar-refractivity contribution in [2.24, 2.45) is 5.92 Å². The standard InChI is InChI=1S/C24H28N4O2/c1-16-4-7-19(8-5-16)23-26-22(30-27-23)15-28-12-10-20(11-13-28)24(29)25-21-9-6-17(2)14-18(21)3/h4-9,14,20H,10-13,15H2,1-3H3,(H,25,29). The lowest BCUT2D eigenvalue weighted by Gasteiger charge is -2.30. The summed E-state index contributed by atoms with van der Waals surface area (Å²) in [4.78, 5) is 19.5. The van der Waals surface area contributed by atoms with E-state index < -0.39 is 0 Å². The molecule has 1 N–H and O–H groups in total. The predicted molar refractivity (Wildman–Crippen MR) is 117 cm³/mol. The van der Waals surface area contributed by atoms with Crippen LogP contribution in [0.25, 0.3) is 11.4 Å². The lowest BCUT2D eigenvalue weighted by molar-refractivity contribution is -0.121. The molecule has 30 heavy (non-hydrogen) atoms. The molecule has 0 saturated carbocycles. The summed E-state index contributed by atoms with van der Waals surface area (Å²) in [5.74, 6) is 1.38. The maximum atomic E-state index is 12.7. The molecule has 1 amide bonds. The van der Waals surface area contributed by atoms with E-state index in [0.717, 1.165) is 42.7 Å². The molecule has 2 aromatic carbocycles. The SMILES string of the molecule is Cc1ccc(-c2noc(CN3CCC(C(=O)Nc4ccc(C)cc4C)CC3)n2)cc1. The molecule has 0 spiro atoms. The topological polar surface area (TPSA) is 71.3 Å². The zero-order valence-corrected chi connectivity index (χ0v) is 17.8. The van der Waals surface area contributed by atoms with E-state index in [2.05, 4.69) is 40.3 Å². The number of hydrogen-bond acceptors (Lipinski definition) is 5. The van der Waals surface area contributed by atoms with Gasteiger partial charge in [0.25, 0.3) is 0 Å². The summed E-state index contributed by atoms with van der Waals surface area (Å²) in [5.41, 5.74) is 5.36. The first kappa shape index (κ1) is 20.3. The van der Waals surface area contributed by atoms with Crippen LogP contribution in [0.3, 0.4) is 0 Å². The van der Waals surface area contributed by atoms with Crippen LogP contribution in [0.4, 0.5) is 5.69 Å². The van der Waals surface area contributed by atoms with Crippen LogP contribution in [0.2, 0.25) is 0 Å². The average Bonchev–Trinajstić information content (AvgIpc) is 3.19. The van der Waals surface area contributed by atoms with Gasteiger partial charge in [0.2, 0.25) is 17.6 Å². The van der Waals surface area contributed by atoms with Crippen LogP contribution < -0.4 is 5.32 Å². The fourth-order valence-corrected chi connectivity index (χ4v) is 3.87. The Balaban J connectivity index is 1.29. The van der Waals surface area contributed by atoms with Crippen molar-refractivity contribution >= 4 is 11.6 Å². The Labute approximate surface area is 177 Å². The molecule has 0 atom stereocenters. The minimum Gasteiger partial charge on any atom is -0.338 e. The second kappa shape index (κ2) is 8.79. The number of amides is 1. The fourth-order valence-electron chi connectivity index (χ4n) is 3.87. The molecular formula is C24H28N4O2. The van der Waals surface area contributed by atoms with Gasteiger partial charge in [0, 0.05) is 17.2 Å². The average molecular weight is 405 g/mol. The van der Waals surface area contributed by atoms with E-state index in [1.807, 2.05) is 43.3 Å². The molecule has 1 fully saturated rings. The summed E-state index contributed by atoms with van der Waals surface area (Å²) in [7, 11) is 0. The predicted octanol–water partition coefficient (Wildman–Crippen LogP) is 4.51. The number of rotatable bonds is 5. The Morgan fingerprint density at radius 2 is 1.77 bits per heavy atom. The van der Waals surface area contributed by atoms with Crippen molar-refractivity contribution in [2.75, 3.05) is 18.4 Å². The first-order valence-electron chi connectivity index (χ1n) is 10.5. The molecule has 0 aliphatic carbocycles. The van der Waals surface area contributed by atoms with Gasteiger partial charge in [0.1, 0.15) is 0 Å². The van der Waals surface area contributed by atoms with Gasteiger partial charge in [0.15, 0.2) is 0 Å². The highest BCUT2D eigenvalue weighted by Gasteiger charge is 2.26. The van der Waals surface area contributed by atoms with E-state index in [0.29, 0.717) is 18.3 Å². The van der Waals surface area contributed by atoms with Crippen molar-refractivity contribution in [3.8, 4) is 11.4 Å². The number of aromatic nitrogens is 2. The van der Waals surface area contributed by atoms with Gasteiger partial charge in [-0.1, -0.05) is 52.7 Å². The molecule has 3 aromatic rings. The Morgan fingerprint density at radius 1 is 1.07 bits per heavy atom. The fraction of sp³-hybridized carbons (Fsp3) is 0.375. The number of nitrogens with one attached hydrogen (secondary N) is 1. The van der Waals surface area contributed by atoms with E-state index >= 15 is 0 Å². The smallest absolute Gasteiger partial charge is 0.241 e. The quantitative estimate of drug-likeness (QED) is 0.677. The highest BCUT2D eigenvalue weighted by Crippen LogP contribution is 2.23. The van der Waals surface area contributed by atoms with E-state index in [-0.39, 0.29) is 11.8 Å². The van der Waals surface area contributed by atoms with Crippen molar-refractivity contribution in [1.29, 1.82) is 0 Å². The molecule has 1 aliphatic rings. The third-order valence-electron chi connectivity index (χ3n) is 5.73. The van der Waals surface area contributed by atoms with Gasteiger partial charge in [-0.2, -0.15) is 4.98 Å². The van der Waals surface area contributed by atoms with Crippen LogP contribution in [0.1, 0.15) is 35.4 Å². The van der Waals surface area contributed by atoms with Gasteiger partial charge in [0.05, 0.1) is 6.54 Å². The van der Waals surface area contributed by atoms with Crippen molar-refractivity contribution in [2.45, 2.75) is 40.2 Å². The minimum atomic E-state index is 0.0350. The van der Waals surface area contributed by atoms with Crippen molar-refractivity contribution in [1.82, 2.24) is 15.0 Å². The maximum absolute atomic E-state index is 12.7. The molecule has 6 heteroatoms. The molecule has 2 heterocycles. The summed E-state index contributed by atoms with van der Waals surface area (Å²) in [5, 5.41) is 7.21. The normalized spacial score (nSPS) is 15.3. The number of carbonyl (C=O) groups is 1. The van der Waals surface area contributed by atoms with Crippen LogP contribution in [0.15, 0.2) is 47.0 Å². The van der Waals surface area contributed by atoms with E-state index in [1.54, 1.807) is 0 Å². The summed E-state index contributed by atoms with van der Waals surface area (Å²) in [6.07, 6.45) is 1.66. The number of carbonyl (C=O) groups excluding carboxylic acids is 1. The van der Waals surface area contributed by atoms with E-state index in [9.17, 15) is 4.79 Å². The molecule has 0 bridgehead atoms. The van der Waals surface area contributed by atoms with Crippen LogP contribution in [-0.2, 0) is 11.3 Å². The second-order valence-corrected chi connectivity index (χ2v) is 8.24. The third kappa shape index (κ3) is 4.76. The molecule has 1 aliphatic heterocycles. The van der Waals surface area contributed by atoms with Crippen LogP contribution >= 0.6 is 0 Å². The molecule has 0 radical (unpaired) electrons. The molecule has 4 rings (SSSR count). The number of likely N-dealkylation sites (tertiary alicyclic amines) is 1. The summed E-state index contributed by atoms with van der Waals surface area (Å²) < 4.78 is 5.45. The molecule has 0 unspecified atom stereocenters.